The molecular formula is C29H36N4O5. The first kappa shape index (κ1) is 26.1. The van der Waals surface area contributed by atoms with E-state index in [2.05, 4.69) is 29.5 Å². The highest BCUT2D eigenvalue weighted by Crippen LogP contribution is 2.65. The molecule has 2 heterocycles. The molecule has 202 valence electrons. The molecule has 1 aliphatic heterocycles. The van der Waals surface area contributed by atoms with E-state index in [0.29, 0.717) is 25.1 Å². The fraction of sp³-hybridized carbons (Fsp3) is 0.552. The Balaban J connectivity index is 1.39. The largest absolute Gasteiger partial charge is 0.351 e. The van der Waals surface area contributed by atoms with E-state index in [4.69, 9.17) is 0 Å². The summed E-state index contributed by atoms with van der Waals surface area (Å²) in [5.74, 6) is -2.45. The zero-order valence-electron chi connectivity index (χ0n) is 22.4. The summed E-state index contributed by atoms with van der Waals surface area (Å²) >= 11 is 0. The van der Waals surface area contributed by atoms with Crippen molar-refractivity contribution in [2.45, 2.75) is 71.5 Å². The number of likely N-dealkylation sites (tertiary alicyclic amines) is 1. The molecule has 3 amide bonds. The van der Waals surface area contributed by atoms with E-state index in [1.165, 1.54) is 0 Å². The van der Waals surface area contributed by atoms with Crippen molar-refractivity contribution in [3.05, 3.63) is 36.0 Å². The second-order valence-electron chi connectivity index (χ2n) is 12.0. The highest BCUT2D eigenvalue weighted by atomic mass is 16.2. The van der Waals surface area contributed by atoms with Crippen LogP contribution in [0.1, 0.15) is 63.9 Å². The number of piperidine rings is 1. The summed E-state index contributed by atoms with van der Waals surface area (Å²) in [5.41, 5.74) is 1.13. The number of H-pyrrole nitrogens is 1. The van der Waals surface area contributed by atoms with Crippen molar-refractivity contribution in [2.24, 2.45) is 23.2 Å². The molecule has 3 N–H and O–H groups in total. The molecule has 1 aromatic heterocycles. The first-order valence-corrected chi connectivity index (χ1v) is 13.6. The molecule has 0 spiro atoms. The quantitative estimate of drug-likeness (QED) is 0.461. The molecule has 2 aromatic rings. The van der Waals surface area contributed by atoms with Gasteiger partial charge in [0.15, 0.2) is 0 Å². The minimum absolute atomic E-state index is 0.0517. The predicted octanol–water partition coefficient (Wildman–Crippen LogP) is 2.60. The Kier molecular flexibility index (Phi) is 6.65. The molecule has 3 aliphatic rings. The van der Waals surface area contributed by atoms with Crippen LogP contribution in [0.4, 0.5) is 0 Å². The summed E-state index contributed by atoms with van der Waals surface area (Å²) in [7, 11) is 0. The lowest BCUT2D eigenvalue weighted by Crippen LogP contribution is -2.56. The van der Waals surface area contributed by atoms with Crippen molar-refractivity contribution in [1.29, 1.82) is 0 Å². The van der Waals surface area contributed by atoms with Gasteiger partial charge in [0, 0.05) is 35.8 Å². The van der Waals surface area contributed by atoms with Gasteiger partial charge in [0.25, 0.3) is 11.8 Å². The van der Waals surface area contributed by atoms with Crippen LogP contribution < -0.4 is 10.6 Å². The highest BCUT2D eigenvalue weighted by molar-refractivity contribution is 6.38. The maximum Gasteiger partial charge on any atom is 0.289 e. The van der Waals surface area contributed by atoms with Gasteiger partial charge in [0.1, 0.15) is 17.5 Å². The minimum atomic E-state index is -1.13. The molecule has 2 saturated carbocycles. The Morgan fingerprint density at radius 1 is 1.13 bits per heavy atom. The summed E-state index contributed by atoms with van der Waals surface area (Å²) < 4.78 is 0. The van der Waals surface area contributed by atoms with Crippen LogP contribution in [-0.4, -0.2) is 63.8 Å². The molecule has 5 atom stereocenters. The molecule has 0 radical (unpaired) electrons. The van der Waals surface area contributed by atoms with E-state index in [0.717, 1.165) is 17.3 Å². The molecule has 38 heavy (non-hydrogen) atoms. The van der Waals surface area contributed by atoms with E-state index >= 15 is 0 Å². The highest BCUT2D eigenvalue weighted by Gasteiger charge is 2.69. The Labute approximate surface area is 222 Å². The van der Waals surface area contributed by atoms with Gasteiger partial charge in [-0.3, -0.25) is 24.0 Å². The molecule has 0 unspecified atom stereocenters. The lowest BCUT2D eigenvalue weighted by Gasteiger charge is -2.31. The standard InChI is InChI=1S/C29H36N4O5/c1-15(2)30-27(37)25(35)20(13-17-9-7-11-22(17)34)32-26(36)24-23-18(29(23,3)4)14-33(24)28(38)21-12-16-8-5-6-10-19(16)31-21/h5-6,8,10,12,15,17-18,20,23-24,31H,7,9,11,13-14H2,1-4H3,(H,30,37)(H,32,36)/t17-,18-,20-,23-,24-/m0/s1. The van der Waals surface area contributed by atoms with Crippen molar-refractivity contribution < 1.29 is 24.0 Å². The topological polar surface area (TPSA) is 128 Å². The first-order valence-electron chi connectivity index (χ1n) is 13.6. The summed E-state index contributed by atoms with van der Waals surface area (Å²) in [6.45, 7) is 8.12. The monoisotopic (exact) mass is 520 g/mol. The maximum absolute atomic E-state index is 13.8. The van der Waals surface area contributed by atoms with Crippen LogP contribution in [0.15, 0.2) is 30.3 Å². The average molecular weight is 521 g/mol. The van der Waals surface area contributed by atoms with Gasteiger partial charge in [-0.05, 0) is 62.5 Å². The molecule has 1 aromatic carbocycles. The number of ketones is 2. The third kappa shape index (κ3) is 4.63. The van der Waals surface area contributed by atoms with Crippen LogP contribution in [0.25, 0.3) is 10.9 Å². The molecule has 9 nitrogen and oxygen atoms in total. The maximum atomic E-state index is 13.8. The van der Waals surface area contributed by atoms with Gasteiger partial charge in [0.05, 0.1) is 6.04 Å². The Hall–Kier alpha value is -3.49. The SMILES string of the molecule is CC(C)NC(=O)C(=O)[C@H](C[C@@H]1CCCC1=O)NC(=O)[C@@H]1[C@@H]2[C@H](CN1C(=O)c1cc3ccccc3[nH]1)C2(C)C. The smallest absolute Gasteiger partial charge is 0.289 e. The van der Waals surface area contributed by atoms with E-state index in [1.807, 2.05) is 24.3 Å². The molecular weight excluding hydrogens is 484 g/mol. The van der Waals surface area contributed by atoms with Crippen LogP contribution in [-0.2, 0) is 19.2 Å². The number of fused-ring (bicyclic) bond motifs is 2. The number of rotatable bonds is 8. The number of benzene rings is 1. The summed E-state index contributed by atoms with van der Waals surface area (Å²) in [6.07, 6.45) is 1.92. The minimum Gasteiger partial charge on any atom is -0.351 e. The van der Waals surface area contributed by atoms with E-state index in [-0.39, 0.29) is 47.3 Å². The van der Waals surface area contributed by atoms with Gasteiger partial charge in [-0.25, -0.2) is 0 Å². The fourth-order valence-electron chi connectivity index (χ4n) is 6.54. The van der Waals surface area contributed by atoms with Gasteiger partial charge >= 0.3 is 0 Å². The zero-order chi connectivity index (χ0) is 27.4. The predicted molar refractivity (Wildman–Crippen MR) is 141 cm³/mol. The average Bonchev–Trinajstić information content (AvgIpc) is 3.38. The number of para-hydroxylation sites is 1. The van der Waals surface area contributed by atoms with Gasteiger partial charge < -0.3 is 20.5 Å². The number of nitrogens with zero attached hydrogens (tertiary/aromatic N) is 1. The number of amides is 3. The van der Waals surface area contributed by atoms with Gasteiger partial charge in [-0.1, -0.05) is 32.0 Å². The molecule has 1 saturated heterocycles. The van der Waals surface area contributed by atoms with Crippen LogP contribution in [0.2, 0.25) is 0 Å². The van der Waals surface area contributed by atoms with Gasteiger partial charge in [0.2, 0.25) is 11.7 Å². The van der Waals surface area contributed by atoms with Crippen molar-refractivity contribution in [1.82, 2.24) is 20.5 Å². The normalized spacial score (nSPS) is 26.3. The number of carbonyl (C=O) groups is 5. The fourth-order valence-corrected chi connectivity index (χ4v) is 6.54. The molecule has 2 aliphatic carbocycles. The second-order valence-corrected chi connectivity index (χ2v) is 12.0. The number of hydrogen-bond acceptors (Lipinski definition) is 5. The van der Waals surface area contributed by atoms with E-state index < -0.39 is 29.7 Å². The van der Waals surface area contributed by atoms with Crippen molar-refractivity contribution in [3.63, 3.8) is 0 Å². The Bertz CT molecular complexity index is 1280. The second kappa shape index (κ2) is 9.67. The van der Waals surface area contributed by atoms with Crippen LogP contribution in [0.5, 0.6) is 0 Å². The van der Waals surface area contributed by atoms with Crippen molar-refractivity contribution in [3.8, 4) is 0 Å². The number of Topliss-reactive ketones (excluding diaryl/α,β-unsaturated/α-hetero) is 2. The van der Waals surface area contributed by atoms with Crippen molar-refractivity contribution >= 4 is 40.2 Å². The first-order chi connectivity index (χ1) is 18.0. The summed E-state index contributed by atoms with van der Waals surface area (Å²) in [5, 5.41) is 6.32. The van der Waals surface area contributed by atoms with Crippen LogP contribution in [0.3, 0.4) is 0 Å². The summed E-state index contributed by atoms with van der Waals surface area (Å²) in [6, 6.07) is 7.24. The number of nitrogens with one attached hydrogen (secondary N) is 3. The molecule has 0 bridgehead atoms. The van der Waals surface area contributed by atoms with Crippen LogP contribution >= 0.6 is 0 Å². The zero-order valence-corrected chi connectivity index (χ0v) is 22.4. The van der Waals surface area contributed by atoms with Crippen LogP contribution in [0, 0.1) is 23.2 Å². The Morgan fingerprint density at radius 2 is 1.87 bits per heavy atom. The number of aromatic nitrogens is 1. The third-order valence-corrected chi connectivity index (χ3v) is 8.73. The van der Waals surface area contributed by atoms with Crippen molar-refractivity contribution in [2.75, 3.05) is 6.54 Å². The lowest BCUT2D eigenvalue weighted by atomic mass is 9.93. The van der Waals surface area contributed by atoms with Gasteiger partial charge in [-0.2, -0.15) is 0 Å². The van der Waals surface area contributed by atoms with E-state index in [1.54, 1.807) is 24.8 Å². The lowest BCUT2D eigenvalue weighted by molar-refractivity contribution is -0.141. The number of hydrogen-bond donors (Lipinski definition) is 3. The van der Waals surface area contributed by atoms with E-state index in [9.17, 15) is 24.0 Å². The molecule has 9 heteroatoms. The molecule has 3 fully saturated rings. The van der Waals surface area contributed by atoms with Gasteiger partial charge in [-0.15, -0.1) is 0 Å². The number of aromatic amines is 1. The third-order valence-electron chi connectivity index (χ3n) is 8.73. The molecule has 5 rings (SSSR count). The number of carbonyl (C=O) groups excluding carboxylic acids is 5. The Morgan fingerprint density at radius 3 is 2.53 bits per heavy atom. The summed E-state index contributed by atoms with van der Waals surface area (Å²) in [4.78, 5) is 70.3.